The Balaban J connectivity index is 1.36. The van der Waals surface area contributed by atoms with Crippen molar-refractivity contribution in [2.75, 3.05) is 18.5 Å². The van der Waals surface area contributed by atoms with Crippen molar-refractivity contribution in [2.45, 2.75) is 25.4 Å². The van der Waals surface area contributed by atoms with Crippen LogP contribution in [-0.4, -0.2) is 31.1 Å². The molecular formula is C26H26N2O3. The van der Waals surface area contributed by atoms with Crippen molar-refractivity contribution < 1.29 is 14.3 Å². The van der Waals surface area contributed by atoms with Gasteiger partial charge in [-0.25, -0.2) is 0 Å². The van der Waals surface area contributed by atoms with Crippen molar-refractivity contribution in [3.63, 3.8) is 0 Å². The Hall–Kier alpha value is -3.44. The zero-order chi connectivity index (χ0) is 21.5. The Morgan fingerprint density at radius 2 is 1.58 bits per heavy atom. The van der Waals surface area contributed by atoms with E-state index in [1.807, 2.05) is 42.5 Å². The minimum absolute atomic E-state index is 0.0737. The maximum atomic E-state index is 12.6. The lowest BCUT2D eigenvalue weighted by Crippen LogP contribution is -2.32. The third-order valence-electron chi connectivity index (χ3n) is 5.39. The summed E-state index contributed by atoms with van der Waals surface area (Å²) in [5, 5.41) is 5.79. The second-order valence-electron chi connectivity index (χ2n) is 7.68. The summed E-state index contributed by atoms with van der Waals surface area (Å²) in [6.07, 6.45) is 2.30. The van der Waals surface area contributed by atoms with E-state index in [0.717, 1.165) is 36.1 Å². The van der Waals surface area contributed by atoms with Gasteiger partial charge in [0.2, 0.25) is 5.91 Å². The Labute approximate surface area is 182 Å². The number of amides is 2. The van der Waals surface area contributed by atoms with Crippen LogP contribution in [0.1, 0.15) is 28.8 Å². The Morgan fingerprint density at radius 1 is 0.871 bits per heavy atom. The van der Waals surface area contributed by atoms with Crippen molar-refractivity contribution >= 4 is 17.5 Å². The first kappa shape index (κ1) is 20.8. The molecule has 1 atom stereocenters. The second kappa shape index (κ2) is 10.0. The molecule has 3 aromatic carbocycles. The molecule has 2 amide bonds. The van der Waals surface area contributed by atoms with Crippen LogP contribution in [0.4, 0.5) is 5.69 Å². The number of para-hydroxylation sites is 1. The van der Waals surface area contributed by atoms with Gasteiger partial charge in [0.15, 0.2) is 0 Å². The molecule has 0 aromatic heterocycles. The maximum Gasteiger partial charge on any atom is 0.253 e. The maximum absolute atomic E-state index is 12.6. The molecule has 1 aliphatic heterocycles. The summed E-state index contributed by atoms with van der Waals surface area (Å²) >= 11 is 0. The summed E-state index contributed by atoms with van der Waals surface area (Å²) in [4.78, 5) is 25.2. The number of anilines is 1. The highest BCUT2D eigenvalue weighted by molar-refractivity contribution is 6.04. The summed E-state index contributed by atoms with van der Waals surface area (Å²) in [6.45, 7) is 1.23. The predicted molar refractivity (Wildman–Crippen MR) is 122 cm³/mol. The van der Waals surface area contributed by atoms with Crippen LogP contribution in [0.5, 0.6) is 0 Å². The summed E-state index contributed by atoms with van der Waals surface area (Å²) in [5.41, 5.74) is 4.13. The molecule has 4 rings (SSSR count). The van der Waals surface area contributed by atoms with Gasteiger partial charge in [-0.2, -0.15) is 0 Å². The van der Waals surface area contributed by atoms with Crippen LogP contribution < -0.4 is 10.6 Å². The van der Waals surface area contributed by atoms with E-state index in [-0.39, 0.29) is 24.3 Å². The van der Waals surface area contributed by atoms with E-state index >= 15 is 0 Å². The summed E-state index contributed by atoms with van der Waals surface area (Å²) in [5.74, 6) is -0.370. The summed E-state index contributed by atoms with van der Waals surface area (Å²) in [6, 6.07) is 25.1. The number of carbonyl (C=O) groups is 2. The van der Waals surface area contributed by atoms with Crippen LogP contribution in [0.15, 0.2) is 78.9 Å². The van der Waals surface area contributed by atoms with Crippen LogP contribution in [0, 0.1) is 0 Å². The highest BCUT2D eigenvalue weighted by atomic mass is 16.5. The average Bonchev–Trinajstić information content (AvgIpc) is 3.33. The van der Waals surface area contributed by atoms with Gasteiger partial charge < -0.3 is 15.4 Å². The van der Waals surface area contributed by atoms with Gasteiger partial charge >= 0.3 is 0 Å². The molecule has 0 bridgehead atoms. The second-order valence-corrected chi connectivity index (χ2v) is 7.68. The van der Waals surface area contributed by atoms with Gasteiger partial charge in [-0.05, 0) is 41.7 Å². The molecular weight excluding hydrogens is 388 g/mol. The topological polar surface area (TPSA) is 67.4 Å². The van der Waals surface area contributed by atoms with E-state index in [2.05, 4.69) is 22.8 Å². The first-order chi connectivity index (χ1) is 15.2. The molecule has 1 heterocycles. The molecule has 1 fully saturated rings. The Bertz CT molecular complexity index is 1030. The minimum Gasteiger partial charge on any atom is -0.376 e. The van der Waals surface area contributed by atoms with Crippen molar-refractivity contribution in [3.05, 3.63) is 90.0 Å². The Kier molecular flexibility index (Phi) is 6.75. The highest BCUT2D eigenvalue weighted by Gasteiger charge is 2.18. The largest absolute Gasteiger partial charge is 0.376 e. The van der Waals surface area contributed by atoms with E-state index in [1.165, 1.54) is 0 Å². The fraction of sp³-hybridized carbons (Fsp3) is 0.231. The molecule has 5 nitrogen and oxygen atoms in total. The van der Waals surface area contributed by atoms with E-state index < -0.39 is 0 Å². The highest BCUT2D eigenvalue weighted by Crippen LogP contribution is 2.20. The SMILES string of the molecule is O=C(Cc1ccc(-c2ccccc2)cc1)Nc1ccccc1C(=O)NC[C@@H]1CCCO1. The fourth-order valence-corrected chi connectivity index (χ4v) is 3.72. The first-order valence-electron chi connectivity index (χ1n) is 10.6. The molecule has 1 aliphatic rings. The number of nitrogens with one attached hydrogen (secondary N) is 2. The number of hydrogen-bond acceptors (Lipinski definition) is 3. The number of carbonyl (C=O) groups excluding carboxylic acids is 2. The molecule has 1 saturated heterocycles. The van der Waals surface area contributed by atoms with E-state index in [1.54, 1.807) is 24.3 Å². The molecule has 0 spiro atoms. The molecule has 2 N–H and O–H groups in total. The fourth-order valence-electron chi connectivity index (χ4n) is 3.72. The quantitative estimate of drug-likeness (QED) is 0.600. The Morgan fingerprint density at radius 3 is 2.32 bits per heavy atom. The van der Waals surface area contributed by atoms with E-state index in [0.29, 0.717) is 17.8 Å². The molecule has 0 saturated carbocycles. The number of rotatable bonds is 7. The zero-order valence-electron chi connectivity index (χ0n) is 17.3. The lowest BCUT2D eigenvalue weighted by Gasteiger charge is -2.14. The van der Waals surface area contributed by atoms with Crippen LogP contribution in [0.25, 0.3) is 11.1 Å². The molecule has 0 unspecified atom stereocenters. The monoisotopic (exact) mass is 414 g/mol. The van der Waals surface area contributed by atoms with Crippen LogP contribution in [0.2, 0.25) is 0 Å². The standard InChI is InChI=1S/C26H26N2O3/c29-25(17-19-12-14-21(15-13-19)20-7-2-1-3-8-20)28-24-11-5-4-10-23(24)26(30)27-18-22-9-6-16-31-22/h1-5,7-8,10-15,22H,6,9,16-18H2,(H,27,30)(H,28,29)/t22-/m0/s1. The normalized spacial score (nSPS) is 15.4. The van der Waals surface area contributed by atoms with Gasteiger partial charge in [0.05, 0.1) is 23.8 Å². The predicted octanol–water partition coefficient (Wildman–Crippen LogP) is 4.44. The van der Waals surface area contributed by atoms with Gasteiger partial charge in [-0.1, -0.05) is 66.7 Å². The summed E-state index contributed by atoms with van der Waals surface area (Å²) < 4.78 is 5.55. The summed E-state index contributed by atoms with van der Waals surface area (Å²) in [7, 11) is 0. The van der Waals surface area contributed by atoms with Crippen molar-refractivity contribution in [2.24, 2.45) is 0 Å². The van der Waals surface area contributed by atoms with E-state index in [4.69, 9.17) is 4.74 Å². The molecule has 0 aliphatic carbocycles. The first-order valence-corrected chi connectivity index (χ1v) is 10.6. The van der Waals surface area contributed by atoms with Gasteiger partial charge in [0.1, 0.15) is 0 Å². The van der Waals surface area contributed by atoms with Crippen LogP contribution in [-0.2, 0) is 16.0 Å². The lowest BCUT2D eigenvalue weighted by atomic mass is 10.0. The zero-order valence-corrected chi connectivity index (χ0v) is 17.3. The third kappa shape index (κ3) is 5.58. The van der Waals surface area contributed by atoms with Crippen molar-refractivity contribution in [3.8, 4) is 11.1 Å². The number of ether oxygens (including phenoxy) is 1. The van der Waals surface area contributed by atoms with Crippen LogP contribution in [0.3, 0.4) is 0 Å². The average molecular weight is 415 g/mol. The van der Waals surface area contributed by atoms with E-state index in [9.17, 15) is 9.59 Å². The number of benzene rings is 3. The van der Waals surface area contributed by atoms with Crippen molar-refractivity contribution in [1.29, 1.82) is 0 Å². The van der Waals surface area contributed by atoms with Gasteiger partial charge in [-0.15, -0.1) is 0 Å². The lowest BCUT2D eigenvalue weighted by molar-refractivity contribution is -0.115. The molecule has 5 heteroatoms. The number of hydrogen-bond donors (Lipinski definition) is 2. The third-order valence-corrected chi connectivity index (χ3v) is 5.39. The van der Waals surface area contributed by atoms with Crippen LogP contribution >= 0.6 is 0 Å². The minimum atomic E-state index is -0.210. The molecule has 0 radical (unpaired) electrons. The van der Waals surface area contributed by atoms with Gasteiger partial charge in [0, 0.05) is 13.2 Å². The van der Waals surface area contributed by atoms with Gasteiger partial charge in [-0.3, -0.25) is 9.59 Å². The van der Waals surface area contributed by atoms with Crippen molar-refractivity contribution in [1.82, 2.24) is 5.32 Å². The molecule has 31 heavy (non-hydrogen) atoms. The molecule has 158 valence electrons. The smallest absolute Gasteiger partial charge is 0.253 e. The molecule has 3 aromatic rings. The van der Waals surface area contributed by atoms with Gasteiger partial charge in [0.25, 0.3) is 5.91 Å².